The molecule has 2 rings (SSSR count). The number of benzene rings is 1. The van der Waals surface area contributed by atoms with Crippen molar-refractivity contribution < 1.29 is 9.66 Å². The Balaban J connectivity index is 2.28. The van der Waals surface area contributed by atoms with Crippen molar-refractivity contribution in [2.24, 2.45) is 0 Å². The number of non-ortho nitro benzene ring substituents is 1. The molecule has 1 fully saturated rings. The number of nitro benzene ring substituents is 1. The highest BCUT2D eigenvalue weighted by Gasteiger charge is 2.28. The molecule has 15 heavy (non-hydrogen) atoms. The van der Waals surface area contributed by atoms with E-state index in [9.17, 15) is 10.1 Å². The first kappa shape index (κ1) is 10.4. The molecule has 0 radical (unpaired) electrons. The van der Waals surface area contributed by atoms with E-state index in [4.69, 9.17) is 16.3 Å². The van der Waals surface area contributed by atoms with Gasteiger partial charge in [0, 0.05) is 18.7 Å². The standard InChI is InChI=1S/C10H10ClNO3/c11-9-4-5-15-10(9)7-2-1-3-8(6-7)12(13)14/h1-3,6,9-10H,4-5H2/t9-,10+/m0/s1. The van der Waals surface area contributed by atoms with Crippen molar-refractivity contribution in [3.63, 3.8) is 0 Å². The van der Waals surface area contributed by atoms with Gasteiger partial charge in [0.2, 0.25) is 0 Å². The van der Waals surface area contributed by atoms with Gasteiger partial charge in [-0.15, -0.1) is 11.6 Å². The molecule has 0 spiro atoms. The van der Waals surface area contributed by atoms with Crippen LogP contribution in [0, 0.1) is 10.1 Å². The molecule has 0 aliphatic carbocycles. The molecule has 0 N–H and O–H groups in total. The molecule has 1 saturated heterocycles. The number of nitrogens with zero attached hydrogens (tertiary/aromatic N) is 1. The molecule has 80 valence electrons. The Kier molecular flexibility index (Phi) is 2.88. The maximum Gasteiger partial charge on any atom is 0.269 e. The summed E-state index contributed by atoms with van der Waals surface area (Å²) in [5, 5.41) is 10.5. The Labute approximate surface area is 92.0 Å². The highest BCUT2D eigenvalue weighted by Crippen LogP contribution is 2.34. The molecule has 1 aromatic rings. The normalized spacial score (nSPS) is 25.4. The van der Waals surface area contributed by atoms with Crippen LogP contribution >= 0.6 is 11.6 Å². The molecular formula is C10H10ClNO3. The van der Waals surface area contributed by atoms with Crippen molar-refractivity contribution in [2.45, 2.75) is 17.9 Å². The van der Waals surface area contributed by atoms with Gasteiger partial charge in [0.15, 0.2) is 0 Å². The molecule has 2 atom stereocenters. The van der Waals surface area contributed by atoms with Gasteiger partial charge in [-0.05, 0) is 12.0 Å². The third-order valence-corrected chi connectivity index (χ3v) is 2.88. The Morgan fingerprint density at radius 3 is 2.93 bits per heavy atom. The molecule has 1 aliphatic heterocycles. The summed E-state index contributed by atoms with van der Waals surface area (Å²) in [4.78, 5) is 10.2. The fourth-order valence-corrected chi connectivity index (χ4v) is 1.99. The van der Waals surface area contributed by atoms with Crippen LogP contribution in [0.25, 0.3) is 0 Å². The first-order valence-corrected chi connectivity index (χ1v) is 5.12. The Hall–Kier alpha value is -1.13. The Morgan fingerprint density at radius 1 is 1.53 bits per heavy atom. The third kappa shape index (κ3) is 2.11. The average molecular weight is 228 g/mol. The zero-order valence-corrected chi connectivity index (χ0v) is 8.68. The van der Waals surface area contributed by atoms with Crippen LogP contribution in [-0.2, 0) is 4.74 Å². The highest BCUT2D eigenvalue weighted by atomic mass is 35.5. The zero-order chi connectivity index (χ0) is 10.8. The van der Waals surface area contributed by atoms with E-state index in [1.54, 1.807) is 12.1 Å². The maximum atomic E-state index is 10.6. The predicted molar refractivity (Wildman–Crippen MR) is 56.0 cm³/mol. The van der Waals surface area contributed by atoms with Gasteiger partial charge >= 0.3 is 0 Å². The summed E-state index contributed by atoms with van der Waals surface area (Å²) in [5.74, 6) is 0. The summed E-state index contributed by atoms with van der Waals surface area (Å²) >= 11 is 6.05. The number of halogens is 1. The quantitative estimate of drug-likeness (QED) is 0.443. The molecule has 0 bridgehead atoms. The summed E-state index contributed by atoms with van der Waals surface area (Å²) in [6, 6.07) is 6.43. The van der Waals surface area contributed by atoms with E-state index in [1.807, 2.05) is 0 Å². The van der Waals surface area contributed by atoms with Gasteiger partial charge in [0.05, 0.1) is 16.4 Å². The third-order valence-electron chi connectivity index (χ3n) is 2.43. The van der Waals surface area contributed by atoms with Crippen molar-refractivity contribution in [1.29, 1.82) is 0 Å². The van der Waals surface area contributed by atoms with Crippen molar-refractivity contribution in [1.82, 2.24) is 0 Å². The van der Waals surface area contributed by atoms with Crippen LogP contribution in [-0.4, -0.2) is 16.9 Å². The van der Waals surface area contributed by atoms with Crippen molar-refractivity contribution in [3.8, 4) is 0 Å². The fourth-order valence-electron chi connectivity index (χ4n) is 1.68. The number of alkyl halides is 1. The number of hydrogen-bond acceptors (Lipinski definition) is 3. The number of ether oxygens (including phenoxy) is 1. The topological polar surface area (TPSA) is 52.4 Å². The van der Waals surface area contributed by atoms with Crippen LogP contribution in [0.2, 0.25) is 0 Å². The Bertz CT molecular complexity index is 383. The van der Waals surface area contributed by atoms with Crippen LogP contribution in [0.4, 0.5) is 5.69 Å². The first-order valence-electron chi connectivity index (χ1n) is 4.68. The summed E-state index contributed by atoms with van der Waals surface area (Å²) in [6.45, 7) is 0.613. The minimum absolute atomic E-state index is 0.0758. The minimum atomic E-state index is -0.415. The van der Waals surface area contributed by atoms with Gasteiger partial charge < -0.3 is 4.74 Å². The van der Waals surface area contributed by atoms with Crippen LogP contribution in [0.3, 0.4) is 0 Å². The lowest BCUT2D eigenvalue weighted by Gasteiger charge is -2.12. The van der Waals surface area contributed by atoms with Crippen LogP contribution in [0.5, 0.6) is 0 Å². The van der Waals surface area contributed by atoms with Gasteiger partial charge in [-0.1, -0.05) is 12.1 Å². The number of nitro groups is 1. The van der Waals surface area contributed by atoms with Gasteiger partial charge in [-0.2, -0.15) is 0 Å². The lowest BCUT2D eigenvalue weighted by atomic mass is 10.1. The van der Waals surface area contributed by atoms with Gasteiger partial charge in [0.1, 0.15) is 0 Å². The van der Waals surface area contributed by atoms with Gasteiger partial charge in [-0.3, -0.25) is 10.1 Å². The largest absolute Gasteiger partial charge is 0.372 e. The highest BCUT2D eigenvalue weighted by molar-refractivity contribution is 6.21. The molecule has 1 aliphatic rings. The molecule has 5 heteroatoms. The van der Waals surface area contributed by atoms with E-state index in [0.717, 1.165) is 12.0 Å². The second kappa shape index (κ2) is 4.16. The van der Waals surface area contributed by atoms with E-state index in [-0.39, 0.29) is 17.2 Å². The molecular weight excluding hydrogens is 218 g/mol. The summed E-state index contributed by atoms with van der Waals surface area (Å²) < 4.78 is 5.43. The second-order valence-electron chi connectivity index (χ2n) is 3.45. The Morgan fingerprint density at radius 2 is 2.33 bits per heavy atom. The fraction of sp³-hybridized carbons (Fsp3) is 0.400. The molecule has 0 unspecified atom stereocenters. The van der Waals surface area contributed by atoms with E-state index in [1.165, 1.54) is 12.1 Å². The summed E-state index contributed by atoms with van der Waals surface area (Å²) in [7, 11) is 0. The number of rotatable bonds is 2. The van der Waals surface area contributed by atoms with Crippen LogP contribution < -0.4 is 0 Å². The van der Waals surface area contributed by atoms with Gasteiger partial charge in [-0.25, -0.2) is 0 Å². The zero-order valence-electron chi connectivity index (χ0n) is 7.93. The molecule has 0 aromatic heterocycles. The molecule has 0 amide bonds. The summed E-state index contributed by atoms with van der Waals surface area (Å²) in [6.07, 6.45) is 0.570. The van der Waals surface area contributed by atoms with Gasteiger partial charge in [0.25, 0.3) is 5.69 Å². The number of hydrogen-bond donors (Lipinski definition) is 0. The summed E-state index contributed by atoms with van der Waals surface area (Å²) in [5.41, 5.74) is 0.855. The average Bonchev–Trinajstić information content (AvgIpc) is 2.64. The lowest BCUT2D eigenvalue weighted by molar-refractivity contribution is -0.385. The molecule has 1 aromatic carbocycles. The van der Waals surface area contributed by atoms with E-state index >= 15 is 0 Å². The van der Waals surface area contributed by atoms with Crippen LogP contribution in [0.1, 0.15) is 18.1 Å². The maximum absolute atomic E-state index is 10.6. The van der Waals surface area contributed by atoms with Crippen molar-refractivity contribution >= 4 is 17.3 Å². The van der Waals surface area contributed by atoms with Crippen molar-refractivity contribution in [2.75, 3.05) is 6.61 Å². The van der Waals surface area contributed by atoms with Crippen LogP contribution in [0.15, 0.2) is 24.3 Å². The lowest BCUT2D eigenvalue weighted by Crippen LogP contribution is -2.06. The predicted octanol–water partition coefficient (Wildman–Crippen LogP) is 2.66. The minimum Gasteiger partial charge on any atom is -0.372 e. The molecule has 4 nitrogen and oxygen atoms in total. The van der Waals surface area contributed by atoms with E-state index in [0.29, 0.717) is 6.61 Å². The smallest absolute Gasteiger partial charge is 0.269 e. The molecule has 1 heterocycles. The SMILES string of the molecule is O=[N+]([O-])c1cccc([C@H]2OCC[C@@H]2Cl)c1. The van der Waals surface area contributed by atoms with E-state index < -0.39 is 4.92 Å². The van der Waals surface area contributed by atoms with E-state index in [2.05, 4.69) is 0 Å². The first-order chi connectivity index (χ1) is 7.18. The monoisotopic (exact) mass is 227 g/mol. The second-order valence-corrected chi connectivity index (χ2v) is 4.01. The molecule has 0 saturated carbocycles. The van der Waals surface area contributed by atoms with Crippen molar-refractivity contribution in [3.05, 3.63) is 39.9 Å².